The van der Waals surface area contributed by atoms with E-state index in [4.69, 9.17) is 14.7 Å². The number of fused-ring (bicyclic) bond motifs is 1. The van der Waals surface area contributed by atoms with Crippen molar-refractivity contribution in [3.8, 4) is 5.75 Å². The summed E-state index contributed by atoms with van der Waals surface area (Å²) in [4.78, 5) is 26.9. The Labute approximate surface area is 184 Å². The van der Waals surface area contributed by atoms with Gasteiger partial charge in [-0.1, -0.05) is 18.2 Å². The van der Waals surface area contributed by atoms with Crippen molar-refractivity contribution in [3.63, 3.8) is 0 Å². The zero-order chi connectivity index (χ0) is 22.0. The van der Waals surface area contributed by atoms with Crippen LogP contribution in [-0.4, -0.2) is 66.0 Å². The minimum Gasteiger partial charge on any atom is -0.483 e. The summed E-state index contributed by atoms with van der Waals surface area (Å²) >= 11 is 0. The number of benzene rings is 1. The number of likely N-dealkylation sites (tertiary alicyclic amines) is 1. The molecule has 3 heterocycles. The highest BCUT2D eigenvalue weighted by atomic mass is 16.5. The third-order valence-corrected chi connectivity index (χ3v) is 6.41. The molecule has 2 aliphatic rings. The number of ether oxygens (including phenoxy) is 1. The predicted octanol–water partition coefficient (Wildman–Crippen LogP) is 2.91. The molecular weight excluding hydrogens is 390 g/mol. The van der Waals surface area contributed by atoms with Gasteiger partial charge in [-0.15, -0.1) is 0 Å². The molecule has 7 heteroatoms. The highest BCUT2D eigenvalue weighted by Crippen LogP contribution is 2.30. The molecule has 1 N–H and O–H groups in total. The molecule has 166 valence electrons. The van der Waals surface area contributed by atoms with Gasteiger partial charge in [-0.05, 0) is 51.4 Å². The standard InChI is InChI=1S/C24H33N5O2/c1-16-7-5-8-17(2)22(16)31-15-21(30)29-12-10-20-19(14-29)24(25-3)27-23(26-20)18-9-6-11-28(4)13-18/h5,7-8,18H,6,9-15H2,1-4H3,(H,25,26,27)/t18-/m1/s1. The van der Waals surface area contributed by atoms with Crippen molar-refractivity contribution in [1.82, 2.24) is 19.8 Å². The number of aromatic nitrogens is 2. The van der Waals surface area contributed by atoms with Crippen molar-refractivity contribution in [2.75, 3.05) is 45.7 Å². The first kappa shape index (κ1) is 21.6. The van der Waals surface area contributed by atoms with Crippen molar-refractivity contribution in [3.05, 3.63) is 46.4 Å². The van der Waals surface area contributed by atoms with Crippen LogP contribution in [0.2, 0.25) is 0 Å². The number of amides is 1. The van der Waals surface area contributed by atoms with Crippen LogP contribution in [0.25, 0.3) is 0 Å². The summed E-state index contributed by atoms with van der Waals surface area (Å²) < 4.78 is 5.89. The van der Waals surface area contributed by atoms with Gasteiger partial charge in [0.25, 0.3) is 5.91 Å². The maximum atomic E-state index is 12.9. The first-order chi connectivity index (χ1) is 15.0. The minimum absolute atomic E-state index is 0.00617. The normalized spacial score (nSPS) is 19.1. The van der Waals surface area contributed by atoms with E-state index in [1.807, 2.05) is 44.0 Å². The second-order valence-corrected chi connectivity index (χ2v) is 8.78. The molecule has 1 fully saturated rings. The molecule has 1 amide bonds. The van der Waals surface area contributed by atoms with Crippen LogP contribution < -0.4 is 10.1 Å². The largest absolute Gasteiger partial charge is 0.483 e. The summed E-state index contributed by atoms with van der Waals surface area (Å²) in [6.07, 6.45) is 3.06. The zero-order valence-electron chi connectivity index (χ0n) is 19.1. The summed E-state index contributed by atoms with van der Waals surface area (Å²) in [6.45, 7) is 7.37. The van der Waals surface area contributed by atoms with Crippen molar-refractivity contribution in [2.45, 2.75) is 45.6 Å². The predicted molar refractivity (Wildman–Crippen MR) is 122 cm³/mol. The summed E-state index contributed by atoms with van der Waals surface area (Å²) in [5, 5.41) is 3.24. The van der Waals surface area contributed by atoms with E-state index in [2.05, 4.69) is 17.3 Å². The number of anilines is 1. The van der Waals surface area contributed by atoms with Gasteiger partial charge in [0.1, 0.15) is 17.4 Å². The maximum absolute atomic E-state index is 12.9. The molecule has 2 aliphatic heterocycles. The van der Waals surface area contributed by atoms with Gasteiger partial charge >= 0.3 is 0 Å². The van der Waals surface area contributed by atoms with Gasteiger partial charge in [0.15, 0.2) is 6.61 Å². The molecule has 0 unspecified atom stereocenters. The van der Waals surface area contributed by atoms with Crippen LogP contribution >= 0.6 is 0 Å². The highest BCUT2D eigenvalue weighted by molar-refractivity contribution is 5.78. The molecule has 0 bridgehead atoms. The monoisotopic (exact) mass is 423 g/mol. The van der Waals surface area contributed by atoms with Crippen LogP contribution in [0.4, 0.5) is 5.82 Å². The van der Waals surface area contributed by atoms with E-state index >= 15 is 0 Å². The molecule has 4 rings (SSSR count). The van der Waals surface area contributed by atoms with Crippen molar-refractivity contribution >= 4 is 11.7 Å². The van der Waals surface area contributed by atoms with E-state index in [1.54, 1.807) is 0 Å². The number of nitrogens with zero attached hydrogens (tertiary/aromatic N) is 4. The maximum Gasteiger partial charge on any atom is 0.260 e. The fourth-order valence-electron chi connectivity index (χ4n) is 4.66. The highest BCUT2D eigenvalue weighted by Gasteiger charge is 2.28. The van der Waals surface area contributed by atoms with E-state index in [9.17, 15) is 4.79 Å². The first-order valence-corrected chi connectivity index (χ1v) is 11.2. The molecule has 1 saturated heterocycles. The second-order valence-electron chi connectivity index (χ2n) is 8.78. The Morgan fingerprint density at radius 1 is 1.23 bits per heavy atom. The van der Waals surface area contributed by atoms with Gasteiger partial charge < -0.3 is 19.9 Å². The number of carbonyl (C=O) groups excluding carboxylic acids is 1. The number of aryl methyl sites for hydroxylation is 2. The lowest BCUT2D eigenvalue weighted by molar-refractivity contribution is -0.134. The summed E-state index contributed by atoms with van der Waals surface area (Å²) in [6, 6.07) is 6.00. The Balaban J connectivity index is 1.47. The van der Waals surface area contributed by atoms with Gasteiger partial charge in [0.05, 0.1) is 12.2 Å². The fourth-order valence-corrected chi connectivity index (χ4v) is 4.66. The quantitative estimate of drug-likeness (QED) is 0.797. The minimum atomic E-state index is -0.00617. The molecule has 2 aromatic rings. The Kier molecular flexibility index (Phi) is 6.41. The van der Waals surface area contributed by atoms with Gasteiger partial charge in [0, 0.05) is 38.0 Å². The third kappa shape index (κ3) is 4.66. The molecule has 1 atom stereocenters. The molecular formula is C24H33N5O2. The van der Waals surface area contributed by atoms with Gasteiger partial charge in [-0.25, -0.2) is 9.97 Å². The van der Waals surface area contributed by atoms with Crippen LogP contribution in [0.15, 0.2) is 18.2 Å². The zero-order valence-corrected chi connectivity index (χ0v) is 19.1. The smallest absolute Gasteiger partial charge is 0.260 e. The van der Waals surface area contributed by atoms with E-state index in [1.165, 1.54) is 6.42 Å². The first-order valence-electron chi connectivity index (χ1n) is 11.2. The number of carbonyl (C=O) groups is 1. The van der Waals surface area contributed by atoms with E-state index in [0.29, 0.717) is 19.0 Å². The number of nitrogens with one attached hydrogen (secondary N) is 1. The Morgan fingerprint density at radius 2 is 2.00 bits per heavy atom. The number of piperidine rings is 1. The summed E-state index contributed by atoms with van der Waals surface area (Å²) in [5.41, 5.74) is 4.19. The van der Waals surface area contributed by atoms with Crippen LogP contribution in [0, 0.1) is 13.8 Å². The Hall–Kier alpha value is -2.67. The molecule has 7 nitrogen and oxygen atoms in total. The average molecular weight is 424 g/mol. The molecule has 31 heavy (non-hydrogen) atoms. The number of rotatable bonds is 5. The Morgan fingerprint density at radius 3 is 2.71 bits per heavy atom. The van der Waals surface area contributed by atoms with Crippen LogP contribution in [-0.2, 0) is 17.8 Å². The SMILES string of the molecule is CNc1nc([C@@H]2CCCN(C)C2)nc2c1CN(C(=O)COc1c(C)cccc1C)CC2. The molecule has 0 saturated carbocycles. The Bertz CT molecular complexity index is 924. The molecule has 0 spiro atoms. The number of para-hydroxylation sites is 1. The number of hydrogen-bond acceptors (Lipinski definition) is 6. The number of hydrogen-bond donors (Lipinski definition) is 1. The summed E-state index contributed by atoms with van der Waals surface area (Å²) in [7, 11) is 4.05. The fraction of sp³-hybridized carbons (Fsp3) is 0.542. The molecule has 1 aromatic heterocycles. The van der Waals surface area contributed by atoms with Crippen molar-refractivity contribution < 1.29 is 9.53 Å². The van der Waals surface area contributed by atoms with E-state index in [-0.39, 0.29) is 12.5 Å². The third-order valence-electron chi connectivity index (χ3n) is 6.41. The van der Waals surface area contributed by atoms with Crippen molar-refractivity contribution in [1.29, 1.82) is 0 Å². The molecule has 0 radical (unpaired) electrons. The van der Waals surface area contributed by atoms with E-state index in [0.717, 1.165) is 65.7 Å². The second kappa shape index (κ2) is 9.22. The van der Waals surface area contributed by atoms with Gasteiger partial charge in [0.2, 0.25) is 0 Å². The average Bonchev–Trinajstić information content (AvgIpc) is 2.77. The van der Waals surface area contributed by atoms with Gasteiger partial charge in [-0.2, -0.15) is 0 Å². The number of likely N-dealkylation sites (N-methyl/N-ethyl adjacent to an activating group) is 1. The molecule has 0 aliphatic carbocycles. The van der Waals surface area contributed by atoms with Crippen molar-refractivity contribution in [2.24, 2.45) is 0 Å². The lowest BCUT2D eigenvalue weighted by atomic mass is 9.96. The molecule has 1 aromatic carbocycles. The van der Waals surface area contributed by atoms with E-state index < -0.39 is 0 Å². The topological polar surface area (TPSA) is 70.6 Å². The van der Waals surface area contributed by atoms with Crippen LogP contribution in [0.3, 0.4) is 0 Å². The lowest BCUT2D eigenvalue weighted by Crippen LogP contribution is -2.40. The van der Waals surface area contributed by atoms with Gasteiger partial charge in [-0.3, -0.25) is 4.79 Å². The summed E-state index contributed by atoms with van der Waals surface area (Å²) in [5.74, 6) is 2.96. The van der Waals surface area contributed by atoms with Crippen LogP contribution in [0.1, 0.15) is 47.0 Å². The lowest BCUT2D eigenvalue weighted by Gasteiger charge is -2.32. The van der Waals surface area contributed by atoms with Crippen LogP contribution in [0.5, 0.6) is 5.75 Å².